The third-order valence-corrected chi connectivity index (χ3v) is 3.11. The second-order valence-electron chi connectivity index (χ2n) is 4.07. The molecule has 1 aliphatic rings. The number of hydrogen-bond donors (Lipinski definition) is 2. The van der Waals surface area contributed by atoms with Crippen LogP contribution in [0.15, 0.2) is 22.7 Å². The highest BCUT2D eigenvalue weighted by Crippen LogP contribution is 2.20. The average Bonchev–Trinajstić information content (AvgIpc) is 2.35. The molecule has 4 nitrogen and oxygen atoms in total. The Morgan fingerprint density at radius 2 is 2.44 bits per heavy atom. The number of morpholine rings is 1. The van der Waals surface area contributed by atoms with Crippen molar-refractivity contribution in [3.63, 3.8) is 0 Å². The van der Waals surface area contributed by atoms with Crippen LogP contribution in [0.2, 0.25) is 0 Å². The van der Waals surface area contributed by atoms with E-state index in [1.807, 2.05) is 0 Å². The topological polar surface area (TPSA) is 50.4 Å². The first-order valence-electron chi connectivity index (χ1n) is 5.72. The van der Waals surface area contributed by atoms with Gasteiger partial charge in [-0.25, -0.2) is 4.39 Å². The third kappa shape index (κ3) is 3.76. The lowest BCUT2D eigenvalue weighted by molar-refractivity contribution is -0.119. The van der Waals surface area contributed by atoms with Crippen molar-refractivity contribution in [2.45, 2.75) is 12.5 Å². The van der Waals surface area contributed by atoms with Gasteiger partial charge >= 0.3 is 0 Å². The Morgan fingerprint density at radius 3 is 3.17 bits per heavy atom. The third-order valence-electron chi connectivity index (χ3n) is 2.62. The van der Waals surface area contributed by atoms with E-state index in [1.54, 1.807) is 6.07 Å². The number of nitrogens with one attached hydrogen (secondary N) is 2. The molecular formula is C12H14BrFN2O2. The summed E-state index contributed by atoms with van der Waals surface area (Å²) in [6.45, 7) is 2.05. The molecule has 0 spiro atoms. The van der Waals surface area contributed by atoms with Gasteiger partial charge in [0, 0.05) is 17.6 Å². The quantitative estimate of drug-likeness (QED) is 0.895. The van der Waals surface area contributed by atoms with Gasteiger partial charge in [0.1, 0.15) is 5.82 Å². The van der Waals surface area contributed by atoms with Crippen LogP contribution in [-0.4, -0.2) is 31.7 Å². The van der Waals surface area contributed by atoms with E-state index in [9.17, 15) is 9.18 Å². The fourth-order valence-electron chi connectivity index (χ4n) is 1.75. The second kappa shape index (κ2) is 6.26. The zero-order valence-electron chi connectivity index (χ0n) is 9.71. The van der Waals surface area contributed by atoms with Crippen LogP contribution in [0.5, 0.6) is 0 Å². The number of carbonyl (C=O) groups excluding carboxylic acids is 1. The molecule has 2 N–H and O–H groups in total. The molecule has 0 aromatic heterocycles. The molecule has 1 unspecified atom stereocenters. The summed E-state index contributed by atoms with van der Waals surface area (Å²) in [6, 6.07) is 4.42. The number of anilines is 1. The second-order valence-corrected chi connectivity index (χ2v) is 4.99. The van der Waals surface area contributed by atoms with Crippen molar-refractivity contribution in [1.82, 2.24) is 5.32 Å². The lowest BCUT2D eigenvalue weighted by atomic mass is 10.2. The summed E-state index contributed by atoms with van der Waals surface area (Å²) in [6.07, 6.45) is 0.0767. The van der Waals surface area contributed by atoms with E-state index in [-0.39, 0.29) is 24.1 Å². The Bertz CT molecular complexity index is 436. The van der Waals surface area contributed by atoms with Crippen LogP contribution in [0, 0.1) is 5.82 Å². The molecular weight excluding hydrogens is 303 g/mol. The molecule has 0 radical (unpaired) electrons. The van der Waals surface area contributed by atoms with E-state index in [1.165, 1.54) is 12.1 Å². The van der Waals surface area contributed by atoms with E-state index in [2.05, 4.69) is 26.6 Å². The van der Waals surface area contributed by atoms with Crippen molar-refractivity contribution in [2.24, 2.45) is 0 Å². The van der Waals surface area contributed by atoms with Crippen LogP contribution in [-0.2, 0) is 9.53 Å². The molecule has 0 saturated carbocycles. The number of ether oxygens (including phenoxy) is 1. The monoisotopic (exact) mass is 316 g/mol. The van der Waals surface area contributed by atoms with Gasteiger partial charge in [0.2, 0.25) is 5.91 Å². The highest BCUT2D eigenvalue weighted by Gasteiger charge is 2.18. The molecule has 1 aliphatic heterocycles. The van der Waals surface area contributed by atoms with Gasteiger partial charge in [-0.1, -0.05) is 15.9 Å². The van der Waals surface area contributed by atoms with Gasteiger partial charge in [-0.3, -0.25) is 4.79 Å². The van der Waals surface area contributed by atoms with Crippen LogP contribution in [0.25, 0.3) is 0 Å². The Balaban J connectivity index is 1.92. The van der Waals surface area contributed by atoms with Gasteiger partial charge in [-0.2, -0.15) is 0 Å². The summed E-state index contributed by atoms with van der Waals surface area (Å²) in [5.41, 5.74) is 0.179. The summed E-state index contributed by atoms with van der Waals surface area (Å²) in [5.74, 6) is -0.699. The zero-order chi connectivity index (χ0) is 13.0. The van der Waals surface area contributed by atoms with Crippen molar-refractivity contribution in [3.8, 4) is 0 Å². The fraction of sp³-hybridized carbons (Fsp3) is 0.417. The summed E-state index contributed by atoms with van der Waals surface area (Å²) < 4.78 is 19.6. The van der Waals surface area contributed by atoms with E-state index >= 15 is 0 Å². The maximum atomic E-state index is 13.4. The van der Waals surface area contributed by atoms with E-state index < -0.39 is 5.82 Å². The van der Waals surface area contributed by atoms with Gasteiger partial charge in [0.25, 0.3) is 0 Å². The van der Waals surface area contributed by atoms with Crippen LogP contribution < -0.4 is 10.6 Å². The van der Waals surface area contributed by atoms with Crippen molar-refractivity contribution >= 4 is 27.5 Å². The zero-order valence-corrected chi connectivity index (χ0v) is 11.3. The predicted octanol–water partition coefficient (Wildman–Crippen LogP) is 1.91. The maximum Gasteiger partial charge on any atom is 0.227 e. The Labute approximate surface area is 113 Å². The van der Waals surface area contributed by atoms with Gasteiger partial charge in [-0.15, -0.1) is 0 Å². The van der Waals surface area contributed by atoms with E-state index in [0.717, 1.165) is 11.0 Å². The smallest absolute Gasteiger partial charge is 0.227 e. The first kappa shape index (κ1) is 13.5. The van der Waals surface area contributed by atoms with Crippen molar-refractivity contribution < 1.29 is 13.9 Å². The van der Waals surface area contributed by atoms with Gasteiger partial charge in [0.05, 0.1) is 24.8 Å². The van der Waals surface area contributed by atoms with Crippen LogP contribution in [0.4, 0.5) is 10.1 Å². The molecule has 18 heavy (non-hydrogen) atoms. The Morgan fingerprint density at radius 1 is 1.61 bits per heavy atom. The summed E-state index contributed by atoms with van der Waals surface area (Å²) in [4.78, 5) is 11.7. The molecule has 1 amide bonds. The minimum Gasteiger partial charge on any atom is -0.375 e. The summed E-state index contributed by atoms with van der Waals surface area (Å²) in [5, 5.41) is 5.68. The molecule has 98 valence electrons. The molecule has 0 aliphatic carbocycles. The summed E-state index contributed by atoms with van der Waals surface area (Å²) >= 11 is 3.23. The molecule has 2 rings (SSSR count). The molecule has 1 aromatic carbocycles. The fourth-order valence-corrected chi connectivity index (χ4v) is 2.11. The molecule has 1 heterocycles. The van der Waals surface area contributed by atoms with Crippen LogP contribution >= 0.6 is 15.9 Å². The lowest BCUT2D eigenvalue weighted by Crippen LogP contribution is -2.40. The summed E-state index contributed by atoms with van der Waals surface area (Å²) in [7, 11) is 0. The van der Waals surface area contributed by atoms with Gasteiger partial charge in [-0.05, 0) is 18.2 Å². The SMILES string of the molecule is O=C(CC1CNCCO1)Nc1cc(Br)ccc1F. The molecule has 1 atom stereocenters. The number of amides is 1. The number of benzene rings is 1. The van der Waals surface area contributed by atoms with Gasteiger partial charge < -0.3 is 15.4 Å². The molecule has 1 fully saturated rings. The van der Waals surface area contributed by atoms with Crippen LogP contribution in [0.3, 0.4) is 0 Å². The molecule has 6 heteroatoms. The number of rotatable bonds is 3. The normalized spacial score (nSPS) is 19.6. The minimum atomic E-state index is -0.450. The standard InChI is InChI=1S/C12H14BrFN2O2/c13-8-1-2-10(14)11(5-8)16-12(17)6-9-7-15-3-4-18-9/h1-2,5,9,15H,3-4,6-7H2,(H,16,17). The van der Waals surface area contributed by atoms with E-state index in [4.69, 9.17) is 4.74 Å². The maximum absolute atomic E-state index is 13.4. The number of carbonyl (C=O) groups is 1. The van der Waals surface area contributed by atoms with Crippen molar-refractivity contribution in [3.05, 3.63) is 28.5 Å². The average molecular weight is 317 g/mol. The van der Waals surface area contributed by atoms with Crippen molar-refractivity contribution in [1.29, 1.82) is 0 Å². The first-order chi connectivity index (χ1) is 8.65. The van der Waals surface area contributed by atoms with Gasteiger partial charge in [0.15, 0.2) is 0 Å². The highest BCUT2D eigenvalue weighted by molar-refractivity contribution is 9.10. The molecule has 1 saturated heterocycles. The predicted molar refractivity (Wildman–Crippen MR) is 70.0 cm³/mol. The first-order valence-corrected chi connectivity index (χ1v) is 6.51. The molecule has 1 aromatic rings. The Kier molecular flexibility index (Phi) is 4.68. The highest BCUT2D eigenvalue weighted by atomic mass is 79.9. The number of halogens is 2. The lowest BCUT2D eigenvalue weighted by Gasteiger charge is -2.23. The van der Waals surface area contributed by atoms with E-state index in [0.29, 0.717) is 13.2 Å². The van der Waals surface area contributed by atoms with Crippen molar-refractivity contribution in [2.75, 3.05) is 25.0 Å². The minimum absolute atomic E-state index is 0.144. The Hall–Kier alpha value is -0.980. The largest absolute Gasteiger partial charge is 0.375 e. The van der Waals surface area contributed by atoms with Crippen LogP contribution in [0.1, 0.15) is 6.42 Å². The molecule has 0 bridgehead atoms. The number of hydrogen-bond acceptors (Lipinski definition) is 3.